The van der Waals surface area contributed by atoms with Crippen molar-refractivity contribution in [3.63, 3.8) is 0 Å². The quantitative estimate of drug-likeness (QED) is 0.901. The van der Waals surface area contributed by atoms with Gasteiger partial charge < -0.3 is 9.72 Å². The Kier molecular flexibility index (Phi) is 3.46. The van der Waals surface area contributed by atoms with Crippen LogP contribution in [0.4, 0.5) is 0 Å². The zero-order valence-corrected chi connectivity index (χ0v) is 10.8. The van der Waals surface area contributed by atoms with E-state index >= 15 is 0 Å². The molecule has 0 spiro atoms. The van der Waals surface area contributed by atoms with E-state index in [0.717, 1.165) is 17.0 Å². The minimum absolute atomic E-state index is 0.0836. The monoisotopic (exact) mass is 244 g/mol. The Morgan fingerprint density at radius 3 is 2.83 bits per heavy atom. The maximum Gasteiger partial charge on any atom is 0.254 e. The summed E-state index contributed by atoms with van der Waals surface area (Å²) in [4.78, 5) is 19.1. The molecule has 0 aliphatic heterocycles. The Labute approximate surface area is 106 Å². The lowest BCUT2D eigenvalue weighted by molar-refractivity contribution is 0.415. The minimum Gasteiger partial charge on any atom is -0.497 e. The smallest absolute Gasteiger partial charge is 0.254 e. The highest BCUT2D eigenvalue weighted by Gasteiger charge is 2.09. The van der Waals surface area contributed by atoms with Crippen LogP contribution in [-0.4, -0.2) is 17.1 Å². The average Bonchev–Trinajstić information content (AvgIpc) is 2.41. The Balaban J connectivity index is 2.62. The van der Waals surface area contributed by atoms with Crippen LogP contribution < -0.4 is 10.3 Å². The summed E-state index contributed by atoms with van der Waals surface area (Å²) in [5.74, 6) is 1.45. The molecule has 1 N–H and O–H groups in total. The van der Waals surface area contributed by atoms with Crippen molar-refractivity contribution in [3.05, 3.63) is 46.0 Å². The first-order valence-electron chi connectivity index (χ1n) is 5.90. The van der Waals surface area contributed by atoms with Gasteiger partial charge in [-0.05, 0) is 19.1 Å². The standard InChI is InChI=1S/C14H16N2O2/c1-4-12-15-13(9(2)14(17)16-12)10-6-5-7-11(8-10)18-3/h5-8H,4H2,1-3H3,(H,15,16,17). The molecule has 0 amide bonds. The molecule has 0 saturated heterocycles. The molecule has 0 unspecified atom stereocenters. The van der Waals surface area contributed by atoms with Gasteiger partial charge in [-0.2, -0.15) is 0 Å². The summed E-state index contributed by atoms with van der Waals surface area (Å²) in [5, 5.41) is 0. The van der Waals surface area contributed by atoms with Crippen molar-refractivity contribution in [2.24, 2.45) is 0 Å². The van der Waals surface area contributed by atoms with Gasteiger partial charge in [0.25, 0.3) is 5.56 Å². The van der Waals surface area contributed by atoms with Gasteiger partial charge in [-0.15, -0.1) is 0 Å². The first-order valence-corrected chi connectivity index (χ1v) is 5.90. The molecule has 94 valence electrons. The molecule has 2 rings (SSSR count). The first kappa shape index (κ1) is 12.4. The molecule has 2 aromatic rings. The zero-order valence-electron chi connectivity index (χ0n) is 10.8. The van der Waals surface area contributed by atoms with Gasteiger partial charge >= 0.3 is 0 Å². The molecule has 0 atom stereocenters. The third-order valence-electron chi connectivity index (χ3n) is 2.88. The number of benzene rings is 1. The van der Waals surface area contributed by atoms with Crippen LogP contribution in [0.1, 0.15) is 18.3 Å². The molecule has 4 heteroatoms. The van der Waals surface area contributed by atoms with E-state index in [0.29, 0.717) is 17.8 Å². The topological polar surface area (TPSA) is 55.0 Å². The van der Waals surface area contributed by atoms with Gasteiger partial charge in [0.05, 0.1) is 12.8 Å². The summed E-state index contributed by atoms with van der Waals surface area (Å²) in [6.07, 6.45) is 0.701. The molecule has 0 aliphatic rings. The van der Waals surface area contributed by atoms with Crippen molar-refractivity contribution >= 4 is 0 Å². The van der Waals surface area contributed by atoms with Crippen LogP contribution in [0.5, 0.6) is 5.75 Å². The van der Waals surface area contributed by atoms with Gasteiger partial charge in [-0.3, -0.25) is 4.79 Å². The van der Waals surface area contributed by atoms with E-state index in [1.54, 1.807) is 14.0 Å². The number of rotatable bonds is 3. The van der Waals surface area contributed by atoms with Gasteiger partial charge in [0, 0.05) is 17.5 Å². The molecule has 1 aromatic carbocycles. The van der Waals surface area contributed by atoms with Crippen LogP contribution >= 0.6 is 0 Å². The number of hydrogen-bond donors (Lipinski definition) is 1. The lowest BCUT2D eigenvalue weighted by atomic mass is 10.1. The van der Waals surface area contributed by atoms with Gasteiger partial charge in [0.1, 0.15) is 11.6 Å². The maximum absolute atomic E-state index is 11.8. The Bertz CT molecular complexity index is 617. The molecule has 0 radical (unpaired) electrons. The van der Waals surface area contributed by atoms with Crippen molar-refractivity contribution in [3.8, 4) is 17.0 Å². The van der Waals surface area contributed by atoms with Crippen LogP contribution in [0.15, 0.2) is 29.1 Å². The number of methoxy groups -OCH3 is 1. The normalized spacial score (nSPS) is 10.4. The van der Waals surface area contributed by atoms with E-state index in [2.05, 4.69) is 9.97 Å². The fraction of sp³-hybridized carbons (Fsp3) is 0.286. The van der Waals surface area contributed by atoms with Crippen LogP contribution in [0.2, 0.25) is 0 Å². The van der Waals surface area contributed by atoms with Gasteiger partial charge in [-0.25, -0.2) is 4.98 Å². The number of nitrogens with zero attached hydrogens (tertiary/aromatic N) is 1. The highest BCUT2D eigenvalue weighted by molar-refractivity contribution is 5.64. The number of hydrogen-bond acceptors (Lipinski definition) is 3. The molecule has 0 aliphatic carbocycles. The molecule has 4 nitrogen and oxygen atoms in total. The highest BCUT2D eigenvalue weighted by Crippen LogP contribution is 2.23. The predicted molar refractivity (Wildman–Crippen MR) is 71.0 cm³/mol. The van der Waals surface area contributed by atoms with Crippen molar-refractivity contribution in [2.75, 3.05) is 7.11 Å². The Hall–Kier alpha value is -2.10. The van der Waals surface area contributed by atoms with Crippen molar-refractivity contribution in [1.82, 2.24) is 9.97 Å². The SMILES string of the molecule is CCc1nc(-c2cccc(OC)c2)c(C)c(=O)[nH]1. The summed E-state index contributed by atoms with van der Waals surface area (Å²) < 4.78 is 5.19. The van der Waals surface area contributed by atoms with Crippen LogP contribution in [0.3, 0.4) is 0 Å². The lowest BCUT2D eigenvalue weighted by Crippen LogP contribution is -2.15. The van der Waals surface area contributed by atoms with Gasteiger partial charge in [-0.1, -0.05) is 19.1 Å². The highest BCUT2D eigenvalue weighted by atomic mass is 16.5. The summed E-state index contributed by atoms with van der Waals surface area (Å²) in [5.41, 5.74) is 2.15. The molecule has 1 aromatic heterocycles. The fourth-order valence-corrected chi connectivity index (χ4v) is 1.80. The van der Waals surface area contributed by atoms with Crippen LogP contribution in [0, 0.1) is 6.92 Å². The van der Waals surface area contributed by atoms with E-state index in [4.69, 9.17) is 4.74 Å². The predicted octanol–water partition coefficient (Wildman–Crippen LogP) is 2.32. The van der Waals surface area contributed by atoms with Crippen molar-refractivity contribution in [2.45, 2.75) is 20.3 Å². The first-order chi connectivity index (χ1) is 8.65. The number of ether oxygens (including phenoxy) is 1. The fourth-order valence-electron chi connectivity index (χ4n) is 1.80. The van der Waals surface area contributed by atoms with E-state index in [-0.39, 0.29) is 5.56 Å². The third-order valence-corrected chi connectivity index (χ3v) is 2.88. The third kappa shape index (κ3) is 2.27. The summed E-state index contributed by atoms with van der Waals surface area (Å²) in [6.45, 7) is 3.74. The molecule has 1 heterocycles. The van der Waals surface area contributed by atoms with E-state index < -0.39 is 0 Å². The summed E-state index contributed by atoms with van der Waals surface area (Å²) >= 11 is 0. The molecule has 0 fully saturated rings. The van der Waals surface area contributed by atoms with Crippen LogP contribution in [0.25, 0.3) is 11.3 Å². The maximum atomic E-state index is 11.8. The zero-order chi connectivity index (χ0) is 13.1. The number of aromatic amines is 1. The number of H-pyrrole nitrogens is 1. The second-order valence-electron chi connectivity index (χ2n) is 4.07. The van der Waals surface area contributed by atoms with E-state index in [1.165, 1.54) is 0 Å². The molecule has 0 saturated carbocycles. The van der Waals surface area contributed by atoms with Gasteiger partial charge in [0.15, 0.2) is 0 Å². The van der Waals surface area contributed by atoms with Gasteiger partial charge in [0.2, 0.25) is 0 Å². The average molecular weight is 244 g/mol. The Morgan fingerprint density at radius 1 is 1.39 bits per heavy atom. The molecule has 0 bridgehead atoms. The summed E-state index contributed by atoms with van der Waals surface area (Å²) in [7, 11) is 1.62. The van der Waals surface area contributed by atoms with Crippen molar-refractivity contribution < 1.29 is 4.74 Å². The lowest BCUT2D eigenvalue weighted by Gasteiger charge is -2.08. The molecular weight excluding hydrogens is 228 g/mol. The second kappa shape index (κ2) is 5.04. The Morgan fingerprint density at radius 2 is 2.17 bits per heavy atom. The van der Waals surface area contributed by atoms with E-state index in [1.807, 2.05) is 31.2 Å². The molecule has 18 heavy (non-hydrogen) atoms. The number of aromatic nitrogens is 2. The second-order valence-corrected chi connectivity index (χ2v) is 4.07. The molecular formula is C14H16N2O2. The summed E-state index contributed by atoms with van der Waals surface area (Å²) in [6, 6.07) is 7.57. The van der Waals surface area contributed by atoms with Crippen LogP contribution in [-0.2, 0) is 6.42 Å². The van der Waals surface area contributed by atoms with E-state index in [9.17, 15) is 4.79 Å². The number of nitrogens with one attached hydrogen (secondary N) is 1. The largest absolute Gasteiger partial charge is 0.497 e. The minimum atomic E-state index is -0.0836. The van der Waals surface area contributed by atoms with Crippen molar-refractivity contribution in [1.29, 1.82) is 0 Å². The number of aryl methyl sites for hydroxylation is 1.